The lowest BCUT2D eigenvalue weighted by Gasteiger charge is -2.05. The van der Waals surface area contributed by atoms with E-state index in [9.17, 15) is 0 Å². The van der Waals surface area contributed by atoms with Gasteiger partial charge in [-0.25, -0.2) is 9.67 Å². The van der Waals surface area contributed by atoms with Gasteiger partial charge in [0.05, 0.1) is 0 Å². The van der Waals surface area contributed by atoms with Crippen LogP contribution < -0.4 is 0 Å². The van der Waals surface area contributed by atoms with Gasteiger partial charge in [0.1, 0.15) is 6.61 Å². The van der Waals surface area contributed by atoms with Crippen LogP contribution in [-0.4, -0.2) is 27.6 Å². The molecular formula is C13H17N3OS. The van der Waals surface area contributed by atoms with E-state index in [0.29, 0.717) is 13.2 Å². The molecule has 0 radical (unpaired) electrons. The van der Waals surface area contributed by atoms with Crippen LogP contribution in [0.15, 0.2) is 29.2 Å². The van der Waals surface area contributed by atoms with Crippen molar-refractivity contribution in [3.8, 4) is 11.4 Å². The zero-order valence-electron chi connectivity index (χ0n) is 10.9. The Morgan fingerprint density at radius 1 is 1.33 bits per heavy atom. The van der Waals surface area contributed by atoms with Gasteiger partial charge in [-0.1, -0.05) is 18.2 Å². The minimum absolute atomic E-state index is 0.464. The largest absolute Gasteiger partial charge is 0.374 e. The lowest BCUT2D eigenvalue weighted by atomic mass is 10.2. The van der Waals surface area contributed by atoms with Crippen LogP contribution in [0, 0.1) is 0 Å². The monoisotopic (exact) mass is 263 g/mol. The molecule has 0 saturated carbocycles. The first-order valence-corrected chi connectivity index (χ1v) is 7.09. The van der Waals surface area contributed by atoms with Crippen molar-refractivity contribution in [2.75, 3.05) is 12.9 Å². The van der Waals surface area contributed by atoms with E-state index in [0.717, 1.165) is 17.2 Å². The van der Waals surface area contributed by atoms with Crippen LogP contribution in [0.1, 0.15) is 12.7 Å². The van der Waals surface area contributed by atoms with E-state index < -0.39 is 0 Å². The number of nitrogens with zero attached hydrogens (tertiary/aromatic N) is 3. The maximum absolute atomic E-state index is 5.34. The molecule has 0 amide bonds. The molecule has 0 unspecified atom stereocenters. The van der Waals surface area contributed by atoms with Crippen LogP contribution in [-0.2, 0) is 18.4 Å². The van der Waals surface area contributed by atoms with Crippen molar-refractivity contribution in [3.63, 3.8) is 0 Å². The summed E-state index contributed by atoms with van der Waals surface area (Å²) in [4.78, 5) is 5.74. The van der Waals surface area contributed by atoms with Crippen LogP contribution in [0.2, 0.25) is 0 Å². The van der Waals surface area contributed by atoms with Crippen molar-refractivity contribution < 1.29 is 4.74 Å². The molecule has 5 heteroatoms. The summed E-state index contributed by atoms with van der Waals surface area (Å²) in [6, 6.07) is 8.22. The van der Waals surface area contributed by atoms with Gasteiger partial charge in [-0.15, -0.1) is 11.8 Å². The Morgan fingerprint density at radius 3 is 2.83 bits per heavy atom. The summed E-state index contributed by atoms with van der Waals surface area (Å²) in [6.07, 6.45) is 2.07. The fourth-order valence-corrected chi connectivity index (χ4v) is 2.35. The molecule has 0 N–H and O–H groups in total. The lowest BCUT2D eigenvalue weighted by molar-refractivity contribution is 0.128. The third kappa shape index (κ3) is 2.73. The molecule has 18 heavy (non-hydrogen) atoms. The van der Waals surface area contributed by atoms with Crippen molar-refractivity contribution in [2.24, 2.45) is 7.05 Å². The number of hydrogen-bond acceptors (Lipinski definition) is 4. The van der Waals surface area contributed by atoms with Gasteiger partial charge in [-0.2, -0.15) is 5.10 Å². The lowest BCUT2D eigenvalue weighted by Crippen LogP contribution is -1.96. The van der Waals surface area contributed by atoms with Crippen molar-refractivity contribution in [1.29, 1.82) is 0 Å². The van der Waals surface area contributed by atoms with Crippen LogP contribution in [0.4, 0.5) is 0 Å². The van der Waals surface area contributed by atoms with E-state index in [1.54, 1.807) is 11.8 Å². The highest BCUT2D eigenvalue weighted by Crippen LogP contribution is 2.28. The summed E-state index contributed by atoms with van der Waals surface area (Å²) in [7, 11) is 1.91. The maximum Gasteiger partial charge on any atom is 0.176 e. The van der Waals surface area contributed by atoms with Gasteiger partial charge in [0.2, 0.25) is 0 Å². The van der Waals surface area contributed by atoms with Crippen molar-refractivity contribution in [1.82, 2.24) is 14.8 Å². The summed E-state index contributed by atoms with van der Waals surface area (Å²) in [5, 5.41) is 4.37. The predicted octanol–water partition coefficient (Wildman–Crippen LogP) is 2.74. The van der Waals surface area contributed by atoms with Crippen molar-refractivity contribution in [3.05, 3.63) is 30.1 Å². The predicted molar refractivity (Wildman–Crippen MR) is 73.6 cm³/mol. The van der Waals surface area contributed by atoms with Gasteiger partial charge in [-0.05, 0) is 19.2 Å². The highest BCUT2D eigenvalue weighted by Gasteiger charge is 2.12. The number of thioether (sulfide) groups is 1. The number of hydrogen-bond donors (Lipinski definition) is 0. The number of aromatic nitrogens is 3. The Hall–Kier alpha value is -1.33. The quantitative estimate of drug-likeness (QED) is 0.778. The first-order valence-electron chi connectivity index (χ1n) is 5.87. The second-order valence-corrected chi connectivity index (χ2v) is 4.66. The molecule has 2 aromatic rings. The van der Waals surface area contributed by atoms with E-state index in [2.05, 4.69) is 28.5 Å². The zero-order valence-corrected chi connectivity index (χ0v) is 11.7. The van der Waals surface area contributed by atoms with Gasteiger partial charge in [0.15, 0.2) is 11.6 Å². The number of benzene rings is 1. The van der Waals surface area contributed by atoms with Crippen molar-refractivity contribution >= 4 is 11.8 Å². The van der Waals surface area contributed by atoms with Gasteiger partial charge in [-0.3, -0.25) is 0 Å². The molecular weight excluding hydrogens is 246 g/mol. The van der Waals surface area contributed by atoms with Crippen LogP contribution in [0.5, 0.6) is 0 Å². The molecule has 0 aliphatic carbocycles. The normalized spacial score (nSPS) is 10.8. The van der Waals surface area contributed by atoms with Crippen LogP contribution >= 0.6 is 11.8 Å². The Labute approximate surface area is 111 Å². The molecule has 4 nitrogen and oxygen atoms in total. The van der Waals surface area contributed by atoms with E-state index in [-0.39, 0.29) is 0 Å². The number of aryl methyl sites for hydroxylation is 1. The van der Waals surface area contributed by atoms with Gasteiger partial charge < -0.3 is 4.74 Å². The average molecular weight is 263 g/mol. The fourth-order valence-electron chi connectivity index (χ4n) is 1.76. The molecule has 1 aromatic carbocycles. The van der Waals surface area contributed by atoms with Crippen LogP contribution in [0.25, 0.3) is 11.4 Å². The molecule has 1 aromatic heterocycles. The van der Waals surface area contributed by atoms with Crippen molar-refractivity contribution in [2.45, 2.75) is 18.4 Å². The zero-order chi connectivity index (χ0) is 13.0. The third-order valence-corrected chi connectivity index (χ3v) is 3.39. The molecule has 2 rings (SSSR count). The second kappa shape index (κ2) is 6.02. The second-order valence-electron chi connectivity index (χ2n) is 3.81. The van der Waals surface area contributed by atoms with Gasteiger partial charge in [0.25, 0.3) is 0 Å². The topological polar surface area (TPSA) is 39.9 Å². The minimum atomic E-state index is 0.464. The van der Waals surface area contributed by atoms with E-state index in [1.165, 1.54) is 4.90 Å². The molecule has 0 aliphatic heterocycles. The standard InChI is InChI=1S/C13H17N3OS/c1-4-17-9-12-14-13(16(2)15-12)10-7-5-6-8-11(10)18-3/h5-8H,4,9H2,1-3H3. The molecule has 0 spiro atoms. The maximum atomic E-state index is 5.34. The first kappa shape index (κ1) is 13.1. The Bertz CT molecular complexity index is 525. The summed E-state index contributed by atoms with van der Waals surface area (Å²) < 4.78 is 7.15. The smallest absolute Gasteiger partial charge is 0.176 e. The molecule has 0 saturated heterocycles. The third-order valence-electron chi connectivity index (χ3n) is 2.59. The number of ether oxygens (including phenoxy) is 1. The Morgan fingerprint density at radius 2 is 2.11 bits per heavy atom. The molecule has 0 atom stereocenters. The number of rotatable bonds is 5. The molecule has 0 bridgehead atoms. The summed E-state index contributed by atoms with van der Waals surface area (Å²) in [5.74, 6) is 1.61. The van der Waals surface area contributed by atoms with Gasteiger partial charge in [0, 0.05) is 24.1 Å². The van der Waals surface area contributed by atoms with E-state index in [1.807, 2.05) is 30.8 Å². The summed E-state index contributed by atoms with van der Waals surface area (Å²) >= 11 is 1.71. The SMILES string of the molecule is CCOCc1nc(-c2ccccc2SC)n(C)n1. The van der Waals surface area contributed by atoms with E-state index in [4.69, 9.17) is 4.74 Å². The molecule has 1 heterocycles. The Balaban J connectivity index is 2.35. The highest BCUT2D eigenvalue weighted by molar-refractivity contribution is 7.98. The molecule has 0 fully saturated rings. The summed E-state index contributed by atoms with van der Waals surface area (Å²) in [5.41, 5.74) is 1.11. The van der Waals surface area contributed by atoms with E-state index >= 15 is 0 Å². The Kier molecular flexibility index (Phi) is 4.38. The average Bonchev–Trinajstić information content (AvgIpc) is 2.77. The molecule has 96 valence electrons. The van der Waals surface area contributed by atoms with Gasteiger partial charge >= 0.3 is 0 Å². The van der Waals surface area contributed by atoms with Crippen LogP contribution in [0.3, 0.4) is 0 Å². The molecule has 0 aliphatic rings. The fraction of sp³-hybridized carbons (Fsp3) is 0.385. The highest BCUT2D eigenvalue weighted by atomic mass is 32.2. The first-order chi connectivity index (χ1) is 8.76. The summed E-state index contributed by atoms with van der Waals surface area (Å²) in [6.45, 7) is 3.10. The minimum Gasteiger partial charge on any atom is -0.374 e.